The van der Waals surface area contributed by atoms with E-state index in [1.807, 2.05) is 12.1 Å². The number of anilines is 1. The minimum atomic E-state index is -0.582. The molecule has 0 spiro atoms. The number of benzene rings is 1. The molecule has 6 heteroatoms. The lowest BCUT2D eigenvalue weighted by atomic mass is 10.2. The first-order valence-electron chi connectivity index (χ1n) is 6.96. The summed E-state index contributed by atoms with van der Waals surface area (Å²) in [5.74, 6) is 0.223. The zero-order chi connectivity index (χ0) is 15.2. The van der Waals surface area contributed by atoms with Crippen LogP contribution in [0.2, 0.25) is 0 Å². The standard InChI is InChI=1S/C15H20N2O4/c1-11-15(19)17(10-14(18)16-8-5-9-20-2)12-6-3-4-7-13(12)21-11/h3-4,6-7,11H,5,8-10H2,1-2H3,(H,16,18). The van der Waals surface area contributed by atoms with Gasteiger partial charge in [0.2, 0.25) is 5.91 Å². The van der Waals surface area contributed by atoms with Crippen LogP contribution in [-0.2, 0) is 14.3 Å². The van der Waals surface area contributed by atoms with Gasteiger partial charge in [0.25, 0.3) is 5.91 Å². The highest BCUT2D eigenvalue weighted by molar-refractivity contribution is 6.03. The number of amides is 2. The number of nitrogens with one attached hydrogen (secondary N) is 1. The Hall–Kier alpha value is -2.08. The Kier molecular flexibility index (Phi) is 5.16. The number of para-hydroxylation sites is 2. The van der Waals surface area contributed by atoms with E-state index < -0.39 is 6.10 Å². The van der Waals surface area contributed by atoms with Gasteiger partial charge in [-0.3, -0.25) is 14.5 Å². The Morgan fingerprint density at radius 2 is 2.19 bits per heavy atom. The Balaban J connectivity index is 2.01. The van der Waals surface area contributed by atoms with Gasteiger partial charge in [-0.2, -0.15) is 0 Å². The lowest BCUT2D eigenvalue weighted by Gasteiger charge is -2.32. The van der Waals surface area contributed by atoms with Crippen LogP contribution in [0.3, 0.4) is 0 Å². The predicted molar refractivity (Wildman–Crippen MR) is 78.4 cm³/mol. The van der Waals surface area contributed by atoms with Crippen LogP contribution in [0.25, 0.3) is 0 Å². The first kappa shape index (κ1) is 15.3. The molecule has 0 saturated carbocycles. The molecule has 1 aliphatic heterocycles. The van der Waals surface area contributed by atoms with Crippen LogP contribution in [0.15, 0.2) is 24.3 Å². The third kappa shape index (κ3) is 3.72. The number of nitrogens with zero attached hydrogens (tertiary/aromatic N) is 1. The van der Waals surface area contributed by atoms with Gasteiger partial charge in [0.05, 0.1) is 5.69 Å². The fourth-order valence-corrected chi connectivity index (χ4v) is 2.17. The maximum absolute atomic E-state index is 12.2. The van der Waals surface area contributed by atoms with Gasteiger partial charge in [-0.1, -0.05) is 12.1 Å². The Labute approximate surface area is 124 Å². The van der Waals surface area contributed by atoms with Crippen LogP contribution in [0.1, 0.15) is 13.3 Å². The number of carbonyl (C=O) groups excluding carboxylic acids is 2. The molecule has 0 saturated heterocycles. The highest BCUT2D eigenvalue weighted by Crippen LogP contribution is 2.33. The van der Waals surface area contributed by atoms with Crippen molar-refractivity contribution in [3.05, 3.63) is 24.3 Å². The van der Waals surface area contributed by atoms with E-state index in [-0.39, 0.29) is 18.4 Å². The van der Waals surface area contributed by atoms with E-state index in [1.165, 1.54) is 4.90 Å². The molecule has 1 unspecified atom stereocenters. The minimum absolute atomic E-state index is 0.00344. The molecular formula is C15H20N2O4. The van der Waals surface area contributed by atoms with Crippen LogP contribution in [0.4, 0.5) is 5.69 Å². The normalized spacial score (nSPS) is 17.1. The summed E-state index contributed by atoms with van der Waals surface area (Å²) < 4.78 is 10.4. The number of carbonyl (C=O) groups is 2. The first-order chi connectivity index (χ1) is 10.1. The summed E-state index contributed by atoms with van der Waals surface area (Å²) in [6, 6.07) is 7.22. The van der Waals surface area contributed by atoms with Gasteiger partial charge in [-0.05, 0) is 25.5 Å². The van der Waals surface area contributed by atoms with Crippen molar-refractivity contribution in [2.24, 2.45) is 0 Å². The monoisotopic (exact) mass is 292 g/mol. The highest BCUT2D eigenvalue weighted by Gasteiger charge is 2.32. The van der Waals surface area contributed by atoms with Crippen LogP contribution < -0.4 is 15.0 Å². The zero-order valence-electron chi connectivity index (χ0n) is 12.3. The Morgan fingerprint density at radius 1 is 1.43 bits per heavy atom. The molecule has 1 N–H and O–H groups in total. The summed E-state index contributed by atoms with van der Waals surface area (Å²) in [5, 5.41) is 2.78. The lowest BCUT2D eigenvalue weighted by molar-refractivity contribution is -0.128. The third-order valence-electron chi connectivity index (χ3n) is 3.22. The van der Waals surface area contributed by atoms with Gasteiger partial charge in [0, 0.05) is 20.3 Å². The highest BCUT2D eigenvalue weighted by atomic mass is 16.5. The number of fused-ring (bicyclic) bond motifs is 1. The van der Waals surface area contributed by atoms with Crippen molar-refractivity contribution in [3.63, 3.8) is 0 Å². The fourth-order valence-electron chi connectivity index (χ4n) is 2.17. The van der Waals surface area contributed by atoms with E-state index in [4.69, 9.17) is 9.47 Å². The van der Waals surface area contributed by atoms with Gasteiger partial charge in [0.1, 0.15) is 12.3 Å². The third-order valence-corrected chi connectivity index (χ3v) is 3.22. The largest absolute Gasteiger partial charge is 0.479 e. The fraction of sp³-hybridized carbons (Fsp3) is 0.467. The van der Waals surface area contributed by atoms with Crippen LogP contribution in [0, 0.1) is 0 Å². The second-order valence-corrected chi connectivity index (χ2v) is 4.85. The van der Waals surface area contributed by atoms with Crippen LogP contribution in [-0.4, -0.2) is 44.7 Å². The van der Waals surface area contributed by atoms with Crippen LogP contribution in [0.5, 0.6) is 5.75 Å². The van der Waals surface area contributed by atoms with Gasteiger partial charge in [-0.15, -0.1) is 0 Å². The molecule has 2 rings (SSSR count). The molecule has 1 atom stereocenters. The van der Waals surface area contributed by atoms with Gasteiger partial charge in [0.15, 0.2) is 6.10 Å². The van der Waals surface area contributed by atoms with E-state index in [0.717, 1.165) is 6.42 Å². The van der Waals surface area contributed by atoms with Crippen molar-refractivity contribution in [1.29, 1.82) is 0 Å². The van der Waals surface area contributed by atoms with Crippen molar-refractivity contribution in [1.82, 2.24) is 5.32 Å². The summed E-state index contributed by atoms with van der Waals surface area (Å²) in [4.78, 5) is 25.6. The molecule has 0 bridgehead atoms. The SMILES string of the molecule is COCCCNC(=O)CN1C(=O)C(C)Oc2ccccc21. The van der Waals surface area contributed by atoms with E-state index in [0.29, 0.717) is 24.6 Å². The molecule has 0 aromatic heterocycles. The summed E-state index contributed by atoms with van der Waals surface area (Å²) in [7, 11) is 1.62. The molecule has 0 radical (unpaired) electrons. The molecule has 1 aromatic rings. The maximum atomic E-state index is 12.2. The van der Waals surface area contributed by atoms with E-state index in [2.05, 4.69) is 5.32 Å². The second-order valence-electron chi connectivity index (χ2n) is 4.85. The molecule has 1 aliphatic rings. The number of ether oxygens (including phenoxy) is 2. The van der Waals surface area contributed by atoms with E-state index in [9.17, 15) is 9.59 Å². The minimum Gasteiger partial charge on any atom is -0.479 e. The second kappa shape index (κ2) is 7.08. The quantitative estimate of drug-likeness (QED) is 0.793. The van der Waals surface area contributed by atoms with Crippen molar-refractivity contribution < 1.29 is 19.1 Å². The molecule has 1 heterocycles. The van der Waals surface area contributed by atoms with Crippen molar-refractivity contribution in [2.45, 2.75) is 19.4 Å². The Bertz CT molecular complexity index is 518. The van der Waals surface area contributed by atoms with E-state index in [1.54, 1.807) is 26.2 Å². The Morgan fingerprint density at radius 3 is 2.95 bits per heavy atom. The molecule has 1 aromatic carbocycles. The van der Waals surface area contributed by atoms with Gasteiger partial charge >= 0.3 is 0 Å². The number of methoxy groups -OCH3 is 1. The summed E-state index contributed by atoms with van der Waals surface area (Å²) in [6.07, 6.45) is 0.160. The summed E-state index contributed by atoms with van der Waals surface area (Å²) >= 11 is 0. The molecule has 6 nitrogen and oxygen atoms in total. The first-order valence-corrected chi connectivity index (χ1v) is 6.96. The number of hydrogen-bond donors (Lipinski definition) is 1. The number of rotatable bonds is 6. The molecular weight excluding hydrogens is 272 g/mol. The van der Waals surface area contributed by atoms with Gasteiger partial charge < -0.3 is 14.8 Å². The molecule has 0 fully saturated rings. The number of hydrogen-bond acceptors (Lipinski definition) is 4. The smallest absolute Gasteiger partial charge is 0.268 e. The molecule has 0 aliphatic carbocycles. The van der Waals surface area contributed by atoms with Crippen molar-refractivity contribution >= 4 is 17.5 Å². The van der Waals surface area contributed by atoms with Crippen molar-refractivity contribution in [3.8, 4) is 5.75 Å². The maximum Gasteiger partial charge on any atom is 0.268 e. The molecule has 2 amide bonds. The molecule has 21 heavy (non-hydrogen) atoms. The lowest BCUT2D eigenvalue weighted by Crippen LogP contribution is -2.48. The van der Waals surface area contributed by atoms with Gasteiger partial charge in [-0.25, -0.2) is 0 Å². The topological polar surface area (TPSA) is 67.9 Å². The summed E-state index contributed by atoms with van der Waals surface area (Å²) in [6.45, 7) is 2.80. The van der Waals surface area contributed by atoms with Crippen LogP contribution >= 0.6 is 0 Å². The predicted octanol–water partition coefficient (Wildman–Crippen LogP) is 0.953. The molecule has 114 valence electrons. The van der Waals surface area contributed by atoms with E-state index >= 15 is 0 Å². The van der Waals surface area contributed by atoms with Crippen molar-refractivity contribution in [2.75, 3.05) is 31.7 Å². The summed E-state index contributed by atoms with van der Waals surface area (Å²) in [5.41, 5.74) is 0.632. The average Bonchev–Trinajstić information content (AvgIpc) is 2.48. The zero-order valence-corrected chi connectivity index (χ0v) is 12.3. The average molecular weight is 292 g/mol.